The Bertz CT molecular complexity index is 976. The number of rotatable bonds is 5. The van der Waals surface area contributed by atoms with Crippen molar-refractivity contribution in [3.63, 3.8) is 0 Å². The first-order chi connectivity index (χ1) is 13.2. The number of benzene rings is 2. The van der Waals surface area contributed by atoms with Gasteiger partial charge in [0.15, 0.2) is 11.5 Å². The van der Waals surface area contributed by atoms with E-state index < -0.39 is 0 Å². The van der Waals surface area contributed by atoms with E-state index in [4.69, 9.17) is 21.1 Å². The number of aromatic amines is 1. The van der Waals surface area contributed by atoms with Gasteiger partial charge in [-0.25, -0.2) is 9.37 Å². The van der Waals surface area contributed by atoms with Crippen molar-refractivity contribution < 1.29 is 13.9 Å². The van der Waals surface area contributed by atoms with Crippen LogP contribution in [0.5, 0.6) is 11.5 Å². The zero-order valence-electron chi connectivity index (χ0n) is 14.1. The first-order valence-corrected chi connectivity index (χ1v) is 9.60. The van der Waals surface area contributed by atoms with Crippen LogP contribution in [0.3, 0.4) is 0 Å². The molecule has 8 heteroatoms. The van der Waals surface area contributed by atoms with E-state index in [-0.39, 0.29) is 5.82 Å². The van der Waals surface area contributed by atoms with Crippen molar-refractivity contribution >= 4 is 35.5 Å². The molecule has 1 aliphatic heterocycles. The minimum atomic E-state index is -0.259. The van der Waals surface area contributed by atoms with Gasteiger partial charge in [0.2, 0.25) is 5.16 Å². The molecule has 0 saturated carbocycles. The molecule has 1 N–H and O–H groups in total. The van der Waals surface area contributed by atoms with Crippen LogP contribution in [0, 0.1) is 5.82 Å². The van der Waals surface area contributed by atoms with Crippen molar-refractivity contribution in [3.05, 3.63) is 64.2 Å². The van der Waals surface area contributed by atoms with Gasteiger partial charge in [-0.05, 0) is 41.5 Å². The van der Waals surface area contributed by atoms with Gasteiger partial charge in [-0.3, -0.25) is 5.10 Å². The molecule has 0 spiro atoms. The molecule has 0 amide bonds. The molecule has 0 radical (unpaired) electrons. The molecule has 3 aromatic rings. The standard InChI is InChI=1S/C19H15ClFN3O2S/c20-15-9-13(10-16-18(15)26-8-7-25-16)11-27-19-22-17(23-24-19)6-3-12-1-4-14(21)5-2-12/h1-6,9-10H,7-8,11H2,(H,22,23,24)/b6-3+. The normalized spacial score (nSPS) is 13.3. The number of halogens is 2. The van der Waals surface area contributed by atoms with Crippen LogP contribution < -0.4 is 9.47 Å². The van der Waals surface area contributed by atoms with Gasteiger partial charge in [-0.2, -0.15) is 0 Å². The van der Waals surface area contributed by atoms with Gasteiger partial charge in [0.05, 0.1) is 5.02 Å². The fourth-order valence-electron chi connectivity index (χ4n) is 2.54. The van der Waals surface area contributed by atoms with Crippen LogP contribution in [0.25, 0.3) is 12.2 Å². The minimum Gasteiger partial charge on any atom is -0.486 e. The molecule has 0 bridgehead atoms. The summed E-state index contributed by atoms with van der Waals surface area (Å²) in [6.45, 7) is 1.02. The summed E-state index contributed by atoms with van der Waals surface area (Å²) < 4.78 is 24.0. The van der Waals surface area contributed by atoms with Crippen LogP contribution in [0.1, 0.15) is 17.0 Å². The highest BCUT2D eigenvalue weighted by atomic mass is 35.5. The third-order valence-electron chi connectivity index (χ3n) is 3.81. The van der Waals surface area contributed by atoms with Crippen LogP contribution in [-0.4, -0.2) is 28.4 Å². The maximum absolute atomic E-state index is 12.9. The SMILES string of the molecule is Fc1ccc(/C=C/c2nc(SCc3cc(Cl)c4c(c3)OCCO4)n[nH]2)cc1. The highest BCUT2D eigenvalue weighted by molar-refractivity contribution is 7.98. The van der Waals surface area contributed by atoms with Crippen LogP contribution in [0.2, 0.25) is 5.02 Å². The summed E-state index contributed by atoms with van der Waals surface area (Å²) in [7, 11) is 0. The van der Waals surface area contributed by atoms with Crippen LogP contribution in [0.4, 0.5) is 4.39 Å². The van der Waals surface area contributed by atoms with E-state index in [1.165, 1.54) is 23.9 Å². The Morgan fingerprint density at radius 3 is 2.81 bits per heavy atom. The van der Waals surface area contributed by atoms with E-state index in [2.05, 4.69) is 15.2 Å². The first kappa shape index (κ1) is 17.9. The molecule has 4 rings (SSSR count). The van der Waals surface area contributed by atoms with Gasteiger partial charge in [0.25, 0.3) is 0 Å². The first-order valence-electron chi connectivity index (χ1n) is 8.24. The number of ether oxygens (including phenoxy) is 2. The number of H-pyrrole nitrogens is 1. The molecule has 0 fully saturated rings. The Morgan fingerprint density at radius 2 is 1.96 bits per heavy atom. The maximum Gasteiger partial charge on any atom is 0.209 e. The number of hydrogen-bond donors (Lipinski definition) is 1. The summed E-state index contributed by atoms with van der Waals surface area (Å²) in [4.78, 5) is 4.41. The summed E-state index contributed by atoms with van der Waals surface area (Å²) in [6.07, 6.45) is 3.64. The van der Waals surface area contributed by atoms with Crippen molar-refractivity contribution in [2.45, 2.75) is 10.9 Å². The average molecular weight is 404 g/mol. The highest BCUT2D eigenvalue weighted by Gasteiger charge is 2.17. The predicted octanol–water partition coefficient (Wildman–Crippen LogP) is 4.83. The fourth-order valence-corrected chi connectivity index (χ4v) is 3.57. The van der Waals surface area contributed by atoms with Crippen molar-refractivity contribution in [1.82, 2.24) is 15.2 Å². The number of thioether (sulfide) groups is 1. The molecule has 0 aliphatic carbocycles. The summed E-state index contributed by atoms with van der Waals surface area (Å²) in [5, 5.41) is 8.23. The molecule has 1 aliphatic rings. The molecule has 0 saturated heterocycles. The van der Waals surface area contributed by atoms with Gasteiger partial charge in [-0.15, -0.1) is 5.10 Å². The second kappa shape index (κ2) is 8.02. The summed E-state index contributed by atoms with van der Waals surface area (Å²) in [5.41, 5.74) is 1.88. The third-order valence-corrected chi connectivity index (χ3v) is 5.01. The van der Waals surface area contributed by atoms with Gasteiger partial charge in [-0.1, -0.05) is 41.6 Å². The lowest BCUT2D eigenvalue weighted by molar-refractivity contribution is 0.171. The van der Waals surface area contributed by atoms with E-state index in [0.29, 0.717) is 46.5 Å². The van der Waals surface area contributed by atoms with Crippen molar-refractivity contribution in [2.24, 2.45) is 0 Å². The monoisotopic (exact) mass is 403 g/mol. The molecular formula is C19H15ClFN3O2S. The number of nitrogens with one attached hydrogen (secondary N) is 1. The zero-order valence-corrected chi connectivity index (χ0v) is 15.7. The molecule has 0 atom stereocenters. The lowest BCUT2D eigenvalue weighted by Gasteiger charge is -2.20. The van der Waals surface area contributed by atoms with Crippen molar-refractivity contribution in [3.8, 4) is 11.5 Å². The smallest absolute Gasteiger partial charge is 0.209 e. The molecule has 138 valence electrons. The molecule has 0 unspecified atom stereocenters. The Balaban J connectivity index is 1.40. The van der Waals surface area contributed by atoms with Gasteiger partial charge in [0, 0.05) is 5.75 Å². The maximum atomic E-state index is 12.9. The number of nitrogens with zero attached hydrogens (tertiary/aromatic N) is 2. The quantitative estimate of drug-likeness (QED) is 0.618. The Hall–Kier alpha value is -2.51. The summed E-state index contributed by atoms with van der Waals surface area (Å²) in [6, 6.07) is 10.0. The molecule has 1 aromatic heterocycles. The van der Waals surface area contributed by atoms with Crippen LogP contribution in [-0.2, 0) is 5.75 Å². The van der Waals surface area contributed by atoms with E-state index in [1.807, 2.05) is 18.2 Å². The zero-order chi connectivity index (χ0) is 18.6. The van der Waals surface area contributed by atoms with E-state index in [0.717, 1.165) is 11.1 Å². The predicted molar refractivity (Wildman–Crippen MR) is 104 cm³/mol. The Labute approximate surface area is 164 Å². The molecule has 2 aromatic carbocycles. The number of hydrogen-bond acceptors (Lipinski definition) is 5. The summed E-state index contributed by atoms with van der Waals surface area (Å²) >= 11 is 7.74. The second-order valence-electron chi connectivity index (χ2n) is 5.78. The van der Waals surface area contributed by atoms with Crippen molar-refractivity contribution in [1.29, 1.82) is 0 Å². The lowest BCUT2D eigenvalue weighted by atomic mass is 10.2. The van der Waals surface area contributed by atoms with Crippen LogP contribution in [0.15, 0.2) is 41.6 Å². The number of fused-ring (bicyclic) bond motifs is 1. The average Bonchev–Trinajstić information content (AvgIpc) is 3.14. The van der Waals surface area contributed by atoms with E-state index >= 15 is 0 Å². The van der Waals surface area contributed by atoms with Gasteiger partial charge >= 0.3 is 0 Å². The minimum absolute atomic E-state index is 0.259. The molecular weight excluding hydrogens is 389 g/mol. The largest absolute Gasteiger partial charge is 0.486 e. The second-order valence-corrected chi connectivity index (χ2v) is 7.13. The fraction of sp³-hybridized carbons (Fsp3) is 0.158. The van der Waals surface area contributed by atoms with Crippen LogP contribution >= 0.6 is 23.4 Å². The van der Waals surface area contributed by atoms with E-state index in [1.54, 1.807) is 18.2 Å². The number of aromatic nitrogens is 3. The molecule has 2 heterocycles. The Morgan fingerprint density at radius 1 is 1.15 bits per heavy atom. The van der Waals surface area contributed by atoms with Crippen molar-refractivity contribution in [2.75, 3.05) is 13.2 Å². The Kier molecular flexibility index (Phi) is 5.31. The van der Waals surface area contributed by atoms with Gasteiger partial charge < -0.3 is 9.47 Å². The third kappa shape index (κ3) is 4.43. The summed E-state index contributed by atoms with van der Waals surface area (Å²) in [5.74, 6) is 2.28. The molecule has 5 nitrogen and oxygen atoms in total. The topological polar surface area (TPSA) is 60.0 Å². The molecule has 27 heavy (non-hydrogen) atoms. The van der Waals surface area contributed by atoms with Gasteiger partial charge in [0.1, 0.15) is 24.9 Å². The lowest BCUT2D eigenvalue weighted by Crippen LogP contribution is -2.15. The highest BCUT2D eigenvalue weighted by Crippen LogP contribution is 2.39. The van der Waals surface area contributed by atoms with E-state index in [9.17, 15) is 4.39 Å².